The van der Waals surface area contributed by atoms with Crippen molar-refractivity contribution in [3.05, 3.63) is 18.3 Å². The number of aromatic nitrogens is 1. The lowest BCUT2D eigenvalue weighted by atomic mass is 9.91. The Labute approximate surface area is 122 Å². The van der Waals surface area contributed by atoms with Crippen molar-refractivity contribution in [2.24, 2.45) is 5.41 Å². The Bertz CT molecular complexity index is 527. The van der Waals surface area contributed by atoms with Gasteiger partial charge in [-0.05, 0) is 30.4 Å². The third-order valence-corrected chi connectivity index (χ3v) is 4.73. The molecule has 0 aliphatic carbocycles. The molecular formula is C14H25N3O2S. The molecule has 0 bridgehead atoms. The number of hydrogen-bond acceptors (Lipinski definition) is 4. The van der Waals surface area contributed by atoms with Crippen LogP contribution in [0.1, 0.15) is 40.5 Å². The van der Waals surface area contributed by atoms with Gasteiger partial charge in [-0.2, -0.15) is 0 Å². The molecule has 0 aliphatic rings. The zero-order chi connectivity index (χ0) is 15.2. The van der Waals surface area contributed by atoms with Crippen molar-refractivity contribution in [1.29, 1.82) is 0 Å². The largest absolute Gasteiger partial charge is 0.369 e. The smallest absolute Gasteiger partial charge is 0.244 e. The molecule has 0 saturated carbocycles. The van der Waals surface area contributed by atoms with Gasteiger partial charge < -0.3 is 5.32 Å². The van der Waals surface area contributed by atoms with Crippen LogP contribution in [0.4, 0.5) is 5.82 Å². The zero-order valence-corrected chi connectivity index (χ0v) is 13.5. The molecule has 0 unspecified atom stereocenters. The predicted octanol–water partition coefficient (Wildman–Crippen LogP) is 2.62. The molecule has 0 amide bonds. The summed E-state index contributed by atoms with van der Waals surface area (Å²) in [6.45, 7) is 9.25. The van der Waals surface area contributed by atoms with Crippen LogP contribution < -0.4 is 10.0 Å². The van der Waals surface area contributed by atoms with Crippen LogP contribution in [0, 0.1) is 5.41 Å². The number of hydrogen-bond donors (Lipinski definition) is 2. The molecule has 6 heteroatoms. The van der Waals surface area contributed by atoms with Crippen LogP contribution in [-0.2, 0) is 10.0 Å². The predicted molar refractivity (Wildman–Crippen MR) is 82.3 cm³/mol. The van der Waals surface area contributed by atoms with E-state index in [9.17, 15) is 8.42 Å². The summed E-state index contributed by atoms with van der Waals surface area (Å²) < 4.78 is 27.5. The normalized spacial score (nSPS) is 12.4. The standard InChI is InChI=1S/C14H25N3O2S/c1-5-9-15-13-12(8-7-10-16-13)20(18,19)17-11-14(3,4)6-2/h7-8,10,17H,5-6,9,11H2,1-4H3,(H,15,16). The first kappa shape index (κ1) is 16.9. The quantitative estimate of drug-likeness (QED) is 0.774. The molecule has 0 spiro atoms. The van der Waals surface area contributed by atoms with E-state index < -0.39 is 10.0 Å². The average Bonchev–Trinajstić information content (AvgIpc) is 2.43. The van der Waals surface area contributed by atoms with E-state index in [1.807, 2.05) is 27.7 Å². The van der Waals surface area contributed by atoms with Crippen LogP contribution in [-0.4, -0.2) is 26.5 Å². The fourth-order valence-corrected chi connectivity index (χ4v) is 2.85. The van der Waals surface area contributed by atoms with Gasteiger partial charge in [-0.1, -0.05) is 27.7 Å². The molecule has 5 nitrogen and oxygen atoms in total. The molecule has 1 heterocycles. The van der Waals surface area contributed by atoms with E-state index >= 15 is 0 Å². The van der Waals surface area contributed by atoms with Gasteiger partial charge in [-0.15, -0.1) is 0 Å². The molecule has 1 rings (SSSR count). The first-order valence-corrected chi connectivity index (χ1v) is 8.49. The lowest BCUT2D eigenvalue weighted by Crippen LogP contribution is -2.34. The van der Waals surface area contributed by atoms with Gasteiger partial charge >= 0.3 is 0 Å². The van der Waals surface area contributed by atoms with Crippen molar-refractivity contribution >= 4 is 15.8 Å². The van der Waals surface area contributed by atoms with Crippen molar-refractivity contribution in [3.8, 4) is 0 Å². The first-order valence-electron chi connectivity index (χ1n) is 7.01. The Hall–Kier alpha value is -1.14. The minimum atomic E-state index is -3.54. The number of pyridine rings is 1. The highest BCUT2D eigenvalue weighted by Crippen LogP contribution is 2.21. The van der Waals surface area contributed by atoms with Gasteiger partial charge in [0, 0.05) is 19.3 Å². The molecule has 114 valence electrons. The molecule has 0 saturated heterocycles. The van der Waals surface area contributed by atoms with Crippen LogP contribution in [0.15, 0.2) is 23.2 Å². The second kappa shape index (κ2) is 7.04. The maximum atomic E-state index is 12.4. The topological polar surface area (TPSA) is 71.1 Å². The maximum Gasteiger partial charge on any atom is 0.244 e. The Morgan fingerprint density at radius 2 is 2.00 bits per heavy atom. The average molecular weight is 299 g/mol. The second-order valence-corrected chi connectivity index (χ2v) is 7.35. The van der Waals surface area contributed by atoms with Crippen molar-refractivity contribution in [2.45, 2.75) is 45.4 Å². The molecule has 0 fully saturated rings. The zero-order valence-electron chi connectivity index (χ0n) is 12.7. The Morgan fingerprint density at radius 3 is 2.60 bits per heavy atom. The summed E-state index contributed by atoms with van der Waals surface area (Å²) >= 11 is 0. The van der Waals surface area contributed by atoms with Crippen LogP contribution >= 0.6 is 0 Å². The summed E-state index contributed by atoms with van der Waals surface area (Å²) in [7, 11) is -3.54. The lowest BCUT2D eigenvalue weighted by molar-refractivity contribution is 0.350. The number of nitrogens with one attached hydrogen (secondary N) is 2. The van der Waals surface area contributed by atoms with E-state index in [2.05, 4.69) is 15.0 Å². The van der Waals surface area contributed by atoms with Crippen LogP contribution in [0.3, 0.4) is 0 Å². The number of anilines is 1. The molecule has 0 aliphatic heterocycles. The summed E-state index contributed by atoms with van der Waals surface area (Å²) in [6, 6.07) is 3.21. The summed E-state index contributed by atoms with van der Waals surface area (Å²) in [6.07, 6.45) is 3.41. The lowest BCUT2D eigenvalue weighted by Gasteiger charge is -2.23. The van der Waals surface area contributed by atoms with Gasteiger partial charge in [-0.25, -0.2) is 18.1 Å². The van der Waals surface area contributed by atoms with Crippen LogP contribution in [0.5, 0.6) is 0 Å². The van der Waals surface area contributed by atoms with E-state index in [0.29, 0.717) is 18.9 Å². The highest BCUT2D eigenvalue weighted by Gasteiger charge is 2.23. The highest BCUT2D eigenvalue weighted by molar-refractivity contribution is 7.89. The fraction of sp³-hybridized carbons (Fsp3) is 0.643. The Kier molecular flexibility index (Phi) is 5.95. The number of nitrogens with zero attached hydrogens (tertiary/aromatic N) is 1. The number of sulfonamides is 1. The van der Waals surface area contributed by atoms with Gasteiger partial charge in [-0.3, -0.25) is 0 Å². The monoisotopic (exact) mass is 299 g/mol. The van der Waals surface area contributed by atoms with Gasteiger partial charge in [0.2, 0.25) is 10.0 Å². The summed E-state index contributed by atoms with van der Waals surface area (Å²) in [5.41, 5.74) is -0.0632. The van der Waals surface area contributed by atoms with E-state index in [0.717, 1.165) is 12.8 Å². The summed E-state index contributed by atoms with van der Waals surface area (Å²) in [4.78, 5) is 4.33. The Balaban J connectivity index is 2.92. The van der Waals surface area contributed by atoms with Gasteiger partial charge in [0.05, 0.1) is 0 Å². The molecule has 0 atom stereocenters. The molecule has 0 aromatic carbocycles. The summed E-state index contributed by atoms with van der Waals surface area (Å²) in [5.74, 6) is 0.413. The van der Waals surface area contributed by atoms with E-state index in [1.54, 1.807) is 18.3 Å². The van der Waals surface area contributed by atoms with Crippen LogP contribution in [0.25, 0.3) is 0 Å². The summed E-state index contributed by atoms with van der Waals surface area (Å²) in [5, 5.41) is 3.05. The van der Waals surface area contributed by atoms with Crippen LogP contribution in [0.2, 0.25) is 0 Å². The molecule has 0 radical (unpaired) electrons. The van der Waals surface area contributed by atoms with Gasteiger partial charge in [0.15, 0.2) is 0 Å². The third-order valence-electron chi connectivity index (χ3n) is 3.30. The second-order valence-electron chi connectivity index (χ2n) is 5.62. The van der Waals surface area contributed by atoms with Gasteiger partial charge in [0.25, 0.3) is 0 Å². The number of rotatable bonds is 8. The van der Waals surface area contributed by atoms with Crippen molar-refractivity contribution < 1.29 is 8.42 Å². The third kappa shape index (κ3) is 4.76. The molecule has 2 N–H and O–H groups in total. The maximum absolute atomic E-state index is 12.4. The fourth-order valence-electron chi connectivity index (χ4n) is 1.48. The van der Waals surface area contributed by atoms with E-state index in [1.165, 1.54) is 0 Å². The molecular weight excluding hydrogens is 274 g/mol. The minimum Gasteiger partial charge on any atom is -0.369 e. The molecule has 1 aromatic heterocycles. The van der Waals surface area contributed by atoms with Gasteiger partial charge in [0.1, 0.15) is 10.7 Å². The van der Waals surface area contributed by atoms with Crippen molar-refractivity contribution in [2.75, 3.05) is 18.4 Å². The first-order chi connectivity index (χ1) is 9.32. The van der Waals surface area contributed by atoms with Crippen molar-refractivity contribution in [3.63, 3.8) is 0 Å². The van der Waals surface area contributed by atoms with Crippen molar-refractivity contribution in [1.82, 2.24) is 9.71 Å². The van der Waals surface area contributed by atoms with E-state index in [4.69, 9.17) is 0 Å². The SMILES string of the molecule is CCCNc1ncccc1S(=O)(=O)NCC(C)(C)CC. The van der Waals surface area contributed by atoms with E-state index in [-0.39, 0.29) is 10.3 Å². The minimum absolute atomic E-state index is 0.0632. The highest BCUT2D eigenvalue weighted by atomic mass is 32.2. The Morgan fingerprint density at radius 1 is 1.30 bits per heavy atom. The molecule has 1 aromatic rings. The molecule has 20 heavy (non-hydrogen) atoms.